The second-order valence-corrected chi connectivity index (χ2v) is 13.5. The highest BCUT2D eigenvalue weighted by Gasteiger charge is 2.62. The third kappa shape index (κ3) is 5.35. The molecule has 4 aliphatic rings. The molecular weight excluding hydrogens is 434 g/mol. The highest BCUT2D eigenvalue weighted by Crippen LogP contribution is 2.68. The molecule has 0 aromatic carbocycles. The molecular formula is C31H55NO3. The lowest BCUT2D eigenvalue weighted by atomic mass is 9.43. The Balaban J connectivity index is 1.40. The van der Waals surface area contributed by atoms with Crippen molar-refractivity contribution < 1.29 is 14.6 Å². The van der Waals surface area contributed by atoms with Crippen LogP contribution in [0, 0.1) is 46.3 Å². The number of fused-ring (bicyclic) bond motifs is 5. The van der Waals surface area contributed by atoms with E-state index in [-0.39, 0.29) is 12.0 Å². The number of carbonyl (C=O) groups is 1. The molecule has 4 rings (SSSR count). The second kappa shape index (κ2) is 11.4. The summed E-state index contributed by atoms with van der Waals surface area (Å²) in [6.07, 6.45) is 16.7. The molecule has 4 saturated carbocycles. The molecule has 4 nitrogen and oxygen atoms in total. The van der Waals surface area contributed by atoms with Crippen LogP contribution in [0.1, 0.15) is 118 Å². The zero-order chi connectivity index (χ0) is 25.2. The molecule has 10 unspecified atom stereocenters. The van der Waals surface area contributed by atoms with Crippen LogP contribution in [0.25, 0.3) is 0 Å². The van der Waals surface area contributed by atoms with Gasteiger partial charge in [-0.2, -0.15) is 0 Å². The van der Waals surface area contributed by atoms with Gasteiger partial charge in [-0.1, -0.05) is 47.0 Å². The minimum Gasteiger partial charge on any atom is -0.393 e. The van der Waals surface area contributed by atoms with E-state index < -0.39 is 0 Å². The molecule has 0 bridgehead atoms. The van der Waals surface area contributed by atoms with Gasteiger partial charge in [0, 0.05) is 20.1 Å². The standard InChI is InChI=1S/C31H55NO3/c1-6-7-8-9-18-35-23-14-16-30(3)22(19-23)20-27(33)29-25-12-11-24(21(2)10-13-28(34)32-5)31(25,4)17-15-26(29)30/h21-27,29,33H,6-20H2,1-5H3,(H,32,34). The van der Waals surface area contributed by atoms with Crippen molar-refractivity contribution >= 4 is 5.91 Å². The van der Waals surface area contributed by atoms with E-state index in [1.54, 1.807) is 7.05 Å². The summed E-state index contributed by atoms with van der Waals surface area (Å²) in [6.45, 7) is 10.7. The summed E-state index contributed by atoms with van der Waals surface area (Å²) in [5, 5.41) is 14.4. The highest BCUT2D eigenvalue weighted by atomic mass is 16.5. The van der Waals surface area contributed by atoms with Gasteiger partial charge < -0.3 is 15.2 Å². The maximum atomic E-state index is 11.9. The van der Waals surface area contributed by atoms with Crippen LogP contribution in [0.15, 0.2) is 0 Å². The molecule has 4 fully saturated rings. The van der Waals surface area contributed by atoms with E-state index in [2.05, 4.69) is 33.0 Å². The van der Waals surface area contributed by atoms with Crippen LogP contribution >= 0.6 is 0 Å². The molecule has 4 heteroatoms. The van der Waals surface area contributed by atoms with Gasteiger partial charge in [0.25, 0.3) is 0 Å². The first kappa shape index (κ1) is 27.4. The fraction of sp³-hybridized carbons (Fsp3) is 0.968. The Morgan fingerprint density at radius 3 is 2.51 bits per heavy atom. The molecule has 2 N–H and O–H groups in total. The predicted octanol–water partition coefficient (Wildman–Crippen LogP) is 6.74. The number of carbonyl (C=O) groups excluding carboxylic acids is 1. The summed E-state index contributed by atoms with van der Waals surface area (Å²) >= 11 is 0. The summed E-state index contributed by atoms with van der Waals surface area (Å²) in [5.41, 5.74) is 0.697. The predicted molar refractivity (Wildman–Crippen MR) is 143 cm³/mol. The van der Waals surface area contributed by atoms with Crippen LogP contribution in [-0.4, -0.2) is 36.9 Å². The van der Waals surface area contributed by atoms with E-state index in [4.69, 9.17) is 4.74 Å². The Hall–Kier alpha value is -0.610. The Morgan fingerprint density at radius 2 is 1.77 bits per heavy atom. The van der Waals surface area contributed by atoms with Gasteiger partial charge in [-0.25, -0.2) is 0 Å². The number of aliphatic hydroxyl groups excluding tert-OH is 1. The van der Waals surface area contributed by atoms with Gasteiger partial charge in [-0.3, -0.25) is 4.79 Å². The molecule has 0 radical (unpaired) electrons. The molecule has 10 atom stereocenters. The van der Waals surface area contributed by atoms with Crippen molar-refractivity contribution in [3.05, 3.63) is 0 Å². The van der Waals surface area contributed by atoms with Gasteiger partial charge in [0.05, 0.1) is 12.2 Å². The van der Waals surface area contributed by atoms with Gasteiger partial charge >= 0.3 is 0 Å². The third-order valence-electron chi connectivity index (χ3n) is 11.9. The van der Waals surface area contributed by atoms with Crippen LogP contribution in [-0.2, 0) is 9.53 Å². The van der Waals surface area contributed by atoms with Crippen LogP contribution in [0.4, 0.5) is 0 Å². The fourth-order valence-corrected chi connectivity index (χ4v) is 9.77. The average molecular weight is 490 g/mol. The monoisotopic (exact) mass is 489 g/mol. The first-order valence-corrected chi connectivity index (χ1v) is 15.2. The van der Waals surface area contributed by atoms with E-state index >= 15 is 0 Å². The molecule has 0 aromatic heterocycles. The minimum atomic E-state index is -0.147. The normalized spacial score (nSPS) is 43.7. The Bertz CT molecular complexity index is 711. The summed E-state index contributed by atoms with van der Waals surface area (Å²) in [7, 11) is 1.74. The van der Waals surface area contributed by atoms with Gasteiger partial charge in [-0.05, 0) is 111 Å². The van der Waals surface area contributed by atoms with Crippen molar-refractivity contribution in [1.82, 2.24) is 5.32 Å². The summed E-state index contributed by atoms with van der Waals surface area (Å²) in [4.78, 5) is 11.9. The highest BCUT2D eigenvalue weighted by molar-refractivity contribution is 5.75. The molecule has 0 spiro atoms. The number of amides is 1. The average Bonchev–Trinajstić information content (AvgIpc) is 3.20. The number of ether oxygens (including phenoxy) is 1. The van der Waals surface area contributed by atoms with Crippen molar-refractivity contribution in [1.29, 1.82) is 0 Å². The lowest BCUT2D eigenvalue weighted by Crippen LogP contribution is -2.58. The van der Waals surface area contributed by atoms with E-state index in [9.17, 15) is 9.90 Å². The summed E-state index contributed by atoms with van der Waals surface area (Å²) < 4.78 is 6.36. The van der Waals surface area contributed by atoms with Crippen LogP contribution in [0.3, 0.4) is 0 Å². The van der Waals surface area contributed by atoms with Crippen molar-refractivity contribution in [2.75, 3.05) is 13.7 Å². The van der Waals surface area contributed by atoms with Crippen molar-refractivity contribution in [2.24, 2.45) is 46.3 Å². The zero-order valence-corrected chi connectivity index (χ0v) is 23.5. The molecule has 0 aromatic rings. The molecule has 4 aliphatic carbocycles. The molecule has 0 aliphatic heterocycles. The SMILES string of the molecule is CCCCCCOC1CCC2(C)C(C1)CC(O)C1C2CCC2(C)C(C(C)CCC(=O)NC)CCC12. The van der Waals surface area contributed by atoms with Crippen LogP contribution in [0.2, 0.25) is 0 Å². The number of hydrogen-bond acceptors (Lipinski definition) is 3. The van der Waals surface area contributed by atoms with Crippen LogP contribution < -0.4 is 5.32 Å². The smallest absolute Gasteiger partial charge is 0.219 e. The lowest BCUT2D eigenvalue weighted by Gasteiger charge is -2.62. The van der Waals surface area contributed by atoms with E-state index in [0.29, 0.717) is 58.9 Å². The van der Waals surface area contributed by atoms with Gasteiger partial charge in [0.15, 0.2) is 0 Å². The Morgan fingerprint density at radius 1 is 1.03 bits per heavy atom. The Kier molecular flexibility index (Phi) is 8.95. The lowest BCUT2D eigenvalue weighted by molar-refractivity contribution is -0.178. The number of aliphatic hydroxyl groups is 1. The third-order valence-corrected chi connectivity index (χ3v) is 11.9. The van der Waals surface area contributed by atoms with E-state index in [0.717, 1.165) is 25.9 Å². The number of hydrogen-bond donors (Lipinski definition) is 2. The van der Waals surface area contributed by atoms with Crippen molar-refractivity contribution in [3.63, 3.8) is 0 Å². The topological polar surface area (TPSA) is 58.6 Å². The maximum Gasteiger partial charge on any atom is 0.219 e. The zero-order valence-electron chi connectivity index (χ0n) is 23.5. The quantitative estimate of drug-likeness (QED) is 0.334. The first-order chi connectivity index (χ1) is 16.7. The second-order valence-electron chi connectivity index (χ2n) is 13.5. The van der Waals surface area contributed by atoms with Crippen molar-refractivity contribution in [3.8, 4) is 0 Å². The van der Waals surface area contributed by atoms with Crippen LogP contribution in [0.5, 0.6) is 0 Å². The molecule has 202 valence electrons. The minimum absolute atomic E-state index is 0.147. The number of rotatable bonds is 10. The summed E-state index contributed by atoms with van der Waals surface area (Å²) in [5.74, 6) is 3.83. The van der Waals surface area contributed by atoms with Gasteiger partial charge in [-0.15, -0.1) is 0 Å². The van der Waals surface area contributed by atoms with E-state index in [1.807, 2.05) is 0 Å². The molecule has 0 saturated heterocycles. The Labute approximate surface area is 215 Å². The van der Waals surface area contributed by atoms with Crippen molar-refractivity contribution in [2.45, 2.75) is 130 Å². The largest absolute Gasteiger partial charge is 0.393 e. The molecule has 35 heavy (non-hydrogen) atoms. The summed E-state index contributed by atoms with van der Waals surface area (Å²) in [6, 6.07) is 0. The number of nitrogens with one attached hydrogen (secondary N) is 1. The number of unbranched alkanes of at least 4 members (excludes halogenated alkanes) is 3. The van der Waals surface area contributed by atoms with Gasteiger partial charge in [0.2, 0.25) is 5.91 Å². The molecule has 0 heterocycles. The molecule has 1 amide bonds. The fourth-order valence-electron chi connectivity index (χ4n) is 9.77. The maximum absolute atomic E-state index is 11.9. The van der Waals surface area contributed by atoms with E-state index in [1.165, 1.54) is 64.2 Å². The first-order valence-electron chi connectivity index (χ1n) is 15.2. The van der Waals surface area contributed by atoms with Gasteiger partial charge in [0.1, 0.15) is 0 Å².